The van der Waals surface area contributed by atoms with Crippen molar-refractivity contribution in [1.29, 1.82) is 0 Å². The van der Waals surface area contributed by atoms with Gasteiger partial charge in [-0.25, -0.2) is 14.5 Å². The Hall–Kier alpha value is -4.19. The zero-order valence-electron chi connectivity index (χ0n) is 20.1. The Kier molecular flexibility index (Phi) is 6.42. The smallest absolute Gasteiger partial charge is 0.272 e. The molecule has 5 rings (SSSR count). The summed E-state index contributed by atoms with van der Waals surface area (Å²) in [7, 11) is 5.14. The summed E-state index contributed by atoms with van der Waals surface area (Å²) in [5.74, 6) is 0.716. The second kappa shape index (κ2) is 9.82. The summed E-state index contributed by atoms with van der Waals surface area (Å²) >= 11 is 1.29. The number of anilines is 3. The Labute approximate surface area is 211 Å². The molecule has 11 nitrogen and oxygen atoms in total. The number of aromatic nitrogens is 4. The van der Waals surface area contributed by atoms with Crippen molar-refractivity contribution in [2.45, 2.75) is 25.4 Å². The van der Waals surface area contributed by atoms with Gasteiger partial charge in [0, 0.05) is 32.7 Å². The molecule has 1 saturated carbocycles. The van der Waals surface area contributed by atoms with Gasteiger partial charge in [-0.2, -0.15) is 0 Å². The van der Waals surface area contributed by atoms with Gasteiger partial charge in [-0.3, -0.25) is 9.59 Å². The van der Waals surface area contributed by atoms with Crippen molar-refractivity contribution in [2.24, 2.45) is 0 Å². The highest BCUT2D eigenvalue weighted by molar-refractivity contribution is 7.14. The molecule has 3 aromatic heterocycles. The number of imidazole rings is 1. The fourth-order valence-electron chi connectivity index (χ4n) is 3.76. The van der Waals surface area contributed by atoms with Crippen LogP contribution in [0.2, 0.25) is 0 Å². The Morgan fingerprint density at radius 3 is 2.67 bits per heavy atom. The third-order valence-electron chi connectivity index (χ3n) is 5.83. The molecule has 186 valence electrons. The monoisotopic (exact) mass is 506 g/mol. The van der Waals surface area contributed by atoms with Crippen LogP contribution in [0.1, 0.15) is 39.4 Å². The molecule has 3 heterocycles. The molecular weight excluding hydrogens is 480 g/mol. The van der Waals surface area contributed by atoms with Crippen LogP contribution < -0.4 is 25.6 Å². The number of nitrogens with zero attached hydrogens (tertiary/aromatic N) is 5. The van der Waals surface area contributed by atoms with E-state index in [1.54, 1.807) is 24.2 Å². The molecule has 0 saturated heterocycles. The first-order chi connectivity index (χ1) is 17.5. The van der Waals surface area contributed by atoms with Gasteiger partial charge in [-0.05, 0) is 30.5 Å². The third kappa shape index (κ3) is 4.80. The molecule has 4 aromatic rings. The lowest BCUT2D eigenvalue weighted by molar-refractivity contribution is 0.0940. The first-order valence-electron chi connectivity index (χ1n) is 11.4. The standard InChI is InChI=1S/C24H26N8O3S/c1-25-23(34)20-24(36-13-27-20)29-19-10-17(31(2)12-14-4-8-16(35-3)9-5-14)21-26-11-18(32(21)30-19)22(33)28-15-6-7-15/h4-5,8-11,13,15H,6-7,12H2,1-3H3,(H,25,34)(H,28,33)(H,29,30). The summed E-state index contributed by atoms with van der Waals surface area (Å²) in [6.45, 7) is 0.587. The number of benzene rings is 1. The van der Waals surface area contributed by atoms with Crippen LogP contribution in [0.4, 0.5) is 16.5 Å². The Bertz CT molecular complexity index is 1410. The van der Waals surface area contributed by atoms with Crippen molar-refractivity contribution in [3.05, 3.63) is 59.0 Å². The summed E-state index contributed by atoms with van der Waals surface area (Å²) < 4.78 is 6.80. The van der Waals surface area contributed by atoms with Crippen LogP contribution in [0.5, 0.6) is 5.75 Å². The molecular formula is C24H26N8O3S. The molecule has 1 aliphatic rings. The zero-order valence-corrected chi connectivity index (χ0v) is 20.9. The van der Waals surface area contributed by atoms with E-state index >= 15 is 0 Å². The Balaban J connectivity index is 1.53. The first kappa shape index (κ1) is 23.5. The fraction of sp³-hybridized carbons (Fsp3) is 0.292. The lowest BCUT2D eigenvalue weighted by atomic mass is 10.2. The van der Waals surface area contributed by atoms with Crippen LogP contribution in [-0.2, 0) is 6.54 Å². The molecule has 1 aliphatic carbocycles. The summed E-state index contributed by atoms with van der Waals surface area (Å²) in [6.07, 6.45) is 3.50. The van der Waals surface area contributed by atoms with E-state index in [0.29, 0.717) is 28.7 Å². The first-order valence-corrected chi connectivity index (χ1v) is 12.3. The molecule has 3 N–H and O–H groups in total. The topological polar surface area (TPSA) is 126 Å². The number of methoxy groups -OCH3 is 1. The SMILES string of the molecule is CNC(=O)c1ncsc1Nc1cc(N(C)Cc2ccc(OC)cc2)c2ncc(C(=O)NC3CC3)n2n1. The van der Waals surface area contributed by atoms with Crippen molar-refractivity contribution in [1.82, 2.24) is 30.2 Å². The number of ether oxygens (including phenoxy) is 1. The van der Waals surface area contributed by atoms with Gasteiger partial charge in [-0.15, -0.1) is 16.4 Å². The van der Waals surface area contributed by atoms with Crippen LogP contribution in [0, 0.1) is 0 Å². The van der Waals surface area contributed by atoms with E-state index in [4.69, 9.17) is 4.74 Å². The average molecular weight is 507 g/mol. The number of hydrogen-bond donors (Lipinski definition) is 3. The molecule has 1 aromatic carbocycles. The van der Waals surface area contributed by atoms with Crippen LogP contribution in [-0.4, -0.2) is 58.6 Å². The van der Waals surface area contributed by atoms with Crippen molar-refractivity contribution in [2.75, 3.05) is 31.4 Å². The van der Waals surface area contributed by atoms with Crippen LogP contribution in [0.3, 0.4) is 0 Å². The molecule has 0 bridgehead atoms. The van der Waals surface area contributed by atoms with Gasteiger partial charge in [-0.1, -0.05) is 12.1 Å². The lowest BCUT2D eigenvalue weighted by Gasteiger charge is -2.21. The maximum atomic E-state index is 12.9. The number of hydrogen-bond acceptors (Lipinski definition) is 9. The summed E-state index contributed by atoms with van der Waals surface area (Å²) in [5, 5.41) is 14.0. The maximum absolute atomic E-state index is 12.9. The minimum absolute atomic E-state index is 0.203. The number of amides is 2. The molecule has 0 unspecified atom stereocenters. The maximum Gasteiger partial charge on any atom is 0.272 e. The van der Waals surface area contributed by atoms with E-state index in [1.807, 2.05) is 42.3 Å². The van der Waals surface area contributed by atoms with Crippen LogP contribution in [0.25, 0.3) is 5.65 Å². The highest BCUT2D eigenvalue weighted by atomic mass is 32.1. The van der Waals surface area contributed by atoms with E-state index in [2.05, 4.69) is 31.0 Å². The number of carbonyl (C=O) groups excluding carboxylic acids is 2. The van der Waals surface area contributed by atoms with E-state index in [9.17, 15) is 9.59 Å². The average Bonchev–Trinajstić information content (AvgIpc) is 3.40. The number of rotatable bonds is 9. The highest BCUT2D eigenvalue weighted by Crippen LogP contribution is 2.30. The van der Waals surface area contributed by atoms with E-state index in [-0.39, 0.29) is 23.6 Å². The predicted octanol–water partition coefficient (Wildman–Crippen LogP) is 2.83. The second-order valence-corrected chi connectivity index (χ2v) is 9.33. The molecule has 0 aliphatic heterocycles. The predicted molar refractivity (Wildman–Crippen MR) is 137 cm³/mol. The molecule has 2 amide bonds. The van der Waals surface area contributed by atoms with Crippen LogP contribution >= 0.6 is 11.3 Å². The Morgan fingerprint density at radius 2 is 1.97 bits per heavy atom. The Morgan fingerprint density at radius 1 is 1.19 bits per heavy atom. The minimum Gasteiger partial charge on any atom is -0.497 e. The van der Waals surface area contributed by atoms with Crippen molar-refractivity contribution in [3.63, 3.8) is 0 Å². The number of carbonyl (C=O) groups is 2. The van der Waals surface area contributed by atoms with Gasteiger partial charge >= 0.3 is 0 Å². The van der Waals surface area contributed by atoms with E-state index in [1.165, 1.54) is 17.5 Å². The molecule has 0 atom stereocenters. The van der Waals surface area contributed by atoms with Crippen LogP contribution in [0.15, 0.2) is 42.0 Å². The van der Waals surface area contributed by atoms with Crippen molar-refractivity contribution >= 4 is 45.3 Å². The fourth-order valence-corrected chi connectivity index (χ4v) is 4.44. The molecule has 36 heavy (non-hydrogen) atoms. The number of thiazole rings is 1. The highest BCUT2D eigenvalue weighted by Gasteiger charge is 2.26. The van der Waals surface area contributed by atoms with Gasteiger partial charge in [0.25, 0.3) is 11.8 Å². The van der Waals surface area contributed by atoms with Gasteiger partial charge in [0.1, 0.15) is 10.8 Å². The summed E-state index contributed by atoms with van der Waals surface area (Å²) in [5.41, 5.74) is 4.59. The van der Waals surface area contributed by atoms with Gasteiger partial charge < -0.3 is 25.6 Å². The van der Waals surface area contributed by atoms with Gasteiger partial charge in [0.05, 0.1) is 24.5 Å². The molecule has 12 heteroatoms. The normalized spacial score (nSPS) is 12.9. The third-order valence-corrected chi connectivity index (χ3v) is 6.58. The molecule has 0 spiro atoms. The number of fused-ring (bicyclic) bond motifs is 1. The summed E-state index contributed by atoms with van der Waals surface area (Å²) in [6, 6.07) is 9.88. The zero-order chi connectivity index (χ0) is 25.2. The van der Waals surface area contributed by atoms with E-state index in [0.717, 1.165) is 29.8 Å². The minimum atomic E-state index is -0.302. The lowest BCUT2D eigenvalue weighted by Crippen LogP contribution is -2.27. The molecule has 1 fully saturated rings. The second-order valence-electron chi connectivity index (χ2n) is 8.48. The van der Waals surface area contributed by atoms with E-state index < -0.39 is 0 Å². The number of nitrogens with one attached hydrogen (secondary N) is 3. The van der Waals surface area contributed by atoms with Crippen molar-refractivity contribution < 1.29 is 14.3 Å². The van der Waals surface area contributed by atoms with Gasteiger partial charge in [0.15, 0.2) is 22.9 Å². The largest absolute Gasteiger partial charge is 0.497 e. The van der Waals surface area contributed by atoms with Gasteiger partial charge in [0.2, 0.25) is 0 Å². The summed E-state index contributed by atoms with van der Waals surface area (Å²) in [4.78, 5) is 35.8. The molecule has 0 radical (unpaired) electrons. The quantitative estimate of drug-likeness (QED) is 0.316. The van der Waals surface area contributed by atoms with Crippen molar-refractivity contribution in [3.8, 4) is 5.75 Å².